The highest BCUT2D eigenvalue weighted by atomic mass is 16.5. The molecule has 1 fully saturated rings. The van der Waals surface area contributed by atoms with Gasteiger partial charge in [-0.25, -0.2) is 0 Å². The van der Waals surface area contributed by atoms with Gasteiger partial charge in [-0.05, 0) is 54.9 Å². The van der Waals surface area contributed by atoms with E-state index in [0.29, 0.717) is 11.8 Å². The summed E-state index contributed by atoms with van der Waals surface area (Å²) in [5.74, 6) is 5.10. The molecule has 1 aromatic rings. The Morgan fingerprint density at radius 2 is 2.18 bits per heavy atom. The Morgan fingerprint density at radius 3 is 2.95 bits per heavy atom. The molecule has 3 aliphatic carbocycles. The van der Waals surface area contributed by atoms with E-state index >= 15 is 0 Å². The number of terminal acetylenes is 1. The van der Waals surface area contributed by atoms with Crippen molar-refractivity contribution in [1.29, 1.82) is 0 Å². The molecule has 1 aromatic carbocycles. The number of rotatable bonds is 1. The van der Waals surface area contributed by atoms with Gasteiger partial charge in [0.05, 0.1) is 7.11 Å². The maximum absolute atomic E-state index is 5.75. The van der Waals surface area contributed by atoms with E-state index in [4.69, 9.17) is 11.2 Å². The van der Waals surface area contributed by atoms with Crippen LogP contribution in [0.4, 0.5) is 0 Å². The van der Waals surface area contributed by atoms with Crippen LogP contribution >= 0.6 is 0 Å². The molecular formula is C21H22O. The normalized spacial score (nSPS) is 32.0. The molecule has 3 aliphatic rings. The van der Waals surface area contributed by atoms with Gasteiger partial charge in [-0.15, -0.1) is 6.42 Å². The van der Waals surface area contributed by atoms with Crippen LogP contribution in [0.1, 0.15) is 43.2 Å². The van der Waals surface area contributed by atoms with Crippen molar-refractivity contribution in [1.82, 2.24) is 0 Å². The second-order valence-electron chi connectivity index (χ2n) is 7.03. The molecule has 0 aromatic heterocycles. The van der Waals surface area contributed by atoms with E-state index < -0.39 is 0 Å². The summed E-state index contributed by atoms with van der Waals surface area (Å²) >= 11 is 0. The smallest absolute Gasteiger partial charge is 0.119 e. The lowest BCUT2D eigenvalue weighted by Crippen LogP contribution is -2.35. The molecule has 4 rings (SSSR count). The summed E-state index contributed by atoms with van der Waals surface area (Å²) in [6.07, 6.45) is 15.1. The minimum atomic E-state index is 0.195. The van der Waals surface area contributed by atoms with Crippen molar-refractivity contribution >= 4 is 0 Å². The van der Waals surface area contributed by atoms with Crippen LogP contribution in [-0.2, 0) is 6.42 Å². The molecule has 1 saturated carbocycles. The Hall–Kier alpha value is -1.94. The topological polar surface area (TPSA) is 9.23 Å². The van der Waals surface area contributed by atoms with Gasteiger partial charge in [-0.1, -0.05) is 36.6 Å². The molecule has 1 nitrogen and oxygen atoms in total. The van der Waals surface area contributed by atoms with E-state index in [1.165, 1.54) is 29.5 Å². The third kappa shape index (κ3) is 1.73. The van der Waals surface area contributed by atoms with Crippen LogP contribution in [0, 0.1) is 23.7 Å². The van der Waals surface area contributed by atoms with Gasteiger partial charge < -0.3 is 4.74 Å². The van der Waals surface area contributed by atoms with E-state index in [1.54, 1.807) is 12.7 Å². The highest BCUT2D eigenvalue weighted by Gasteiger charge is 2.48. The van der Waals surface area contributed by atoms with E-state index in [9.17, 15) is 0 Å². The summed E-state index contributed by atoms with van der Waals surface area (Å²) in [5.41, 5.74) is 6.00. The Morgan fingerprint density at radius 1 is 1.32 bits per heavy atom. The number of hydrogen-bond acceptors (Lipinski definition) is 1. The monoisotopic (exact) mass is 290 g/mol. The van der Waals surface area contributed by atoms with Gasteiger partial charge in [0, 0.05) is 16.9 Å². The van der Waals surface area contributed by atoms with E-state index in [0.717, 1.165) is 18.6 Å². The van der Waals surface area contributed by atoms with Crippen molar-refractivity contribution in [2.75, 3.05) is 7.11 Å². The van der Waals surface area contributed by atoms with E-state index in [1.807, 2.05) is 0 Å². The second kappa shape index (κ2) is 4.78. The lowest BCUT2D eigenvalue weighted by atomic mass is 9.58. The van der Waals surface area contributed by atoms with Gasteiger partial charge in [-0.2, -0.15) is 0 Å². The van der Waals surface area contributed by atoms with Crippen LogP contribution < -0.4 is 4.74 Å². The maximum Gasteiger partial charge on any atom is 0.119 e. The molecule has 0 amide bonds. The molecule has 0 spiro atoms. The quantitative estimate of drug-likeness (QED) is 0.541. The third-order valence-corrected chi connectivity index (χ3v) is 6.14. The van der Waals surface area contributed by atoms with Crippen LogP contribution in [-0.4, -0.2) is 7.11 Å². The molecule has 1 heteroatoms. The van der Waals surface area contributed by atoms with Crippen LogP contribution in [0.5, 0.6) is 5.75 Å². The first kappa shape index (κ1) is 13.7. The van der Waals surface area contributed by atoms with Crippen molar-refractivity contribution in [3.8, 4) is 18.1 Å². The highest BCUT2D eigenvalue weighted by molar-refractivity contribution is 5.50. The molecule has 0 N–H and O–H groups in total. The summed E-state index contributed by atoms with van der Waals surface area (Å²) in [7, 11) is 1.74. The fraction of sp³-hybridized carbons (Fsp3) is 0.429. The number of hydrogen-bond donors (Lipinski definition) is 0. The summed E-state index contributed by atoms with van der Waals surface area (Å²) < 4.78 is 5.38. The lowest BCUT2D eigenvalue weighted by Gasteiger charge is -2.45. The molecule has 0 heterocycles. The number of allylic oxidation sites excluding steroid dienone is 4. The van der Waals surface area contributed by atoms with Crippen molar-refractivity contribution in [3.05, 3.63) is 52.6 Å². The minimum absolute atomic E-state index is 0.195. The Balaban J connectivity index is 1.73. The Kier molecular flexibility index (Phi) is 2.98. The molecule has 0 saturated heterocycles. The molecular weight excluding hydrogens is 268 g/mol. The van der Waals surface area contributed by atoms with Gasteiger partial charge in [0.15, 0.2) is 0 Å². The average Bonchev–Trinajstić information content (AvgIpc) is 2.90. The average molecular weight is 290 g/mol. The largest absolute Gasteiger partial charge is 0.497 e. The van der Waals surface area contributed by atoms with Crippen LogP contribution in [0.2, 0.25) is 0 Å². The summed E-state index contributed by atoms with van der Waals surface area (Å²) in [6.45, 7) is 2.37. The third-order valence-electron chi connectivity index (χ3n) is 6.14. The molecule has 0 radical (unpaired) electrons. The zero-order chi connectivity index (χ0) is 15.3. The fourth-order valence-corrected chi connectivity index (χ4v) is 4.88. The molecule has 0 bridgehead atoms. The molecule has 0 aliphatic heterocycles. The zero-order valence-electron chi connectivity index (χ0n) is 13.4. The number of benzene rings is 1. The number of ether oxygens (including phenoxy) is 1. The highest BCUT2D eigenvalue weighted by Crippen LogP contribution is 2.59. The van der Waals surface area contributed by atoms with Crippen LogP contribution in [0.3, 0.4) is 0 Å². The molecule has 112 valence electrons. The van der Waals surface area contributed by atoms with Crippen molar-refractivity contribution in [2.24, 2.45) is 11.3 Å². The summed E-state index contributed by atoms with van der Waals surface area (Å²) in [6, 6.07) is 6.59. The maximum atomic E-state index is 5.75. The first-order chi connectivity index (χ1) is 10.7. The summed E-state index contributed by atoms with van der Waals surface area (Å²) in [4.78, 5) is 0. The molecule has 0 unspecified atom stereocenters. The van der Waals surface area contributed by atoms with Gasteiger partial charge in [0.25, 0.3) is 0 Å². The van der Waals surface area contributed by atoms with E-state index in [-0.39, 0.29) is 5.41 Å². The van der Waals surface area contributed by atoms with Gasteiger partial charge in [0.2, 0.25) is 0 Å². The Bertz CT molecular complexity index is 731. The van der Waals surface area contributed by atoms with Crippen LogP contribution in [0.15, 0.2) is 41.5 Å². The van der Waals surface area contributed by atoms with E-state index in [2.05, 4.69) is 43.2 Å². The van der Waals surface area contributed by atoms with Gasteiger partial charge >= 0.3 is 0 Å². The number of methoxy groups -OCH3 is 1. The van der Waals surface area contributed by atoms with Crippen molar-refractivity contribution in [3.63, 3.8) is 0 Å². The van der Waals surface area contributed by atoms with Crippen LogP contribution in [0.25, 0.3) is 0 Å². The van der Waals surface area contributed by atoms with Gasteiger partial charge in [0.1, 0.15) is 5.75 Å². The molecule has 22 heavy (non-hydrogen) atoms. The van der Waals surface area contributed by atoms with Crippen molar-refractivity contribution in [2.45, 2.75) is 38.5 Å². The minimum Gasteiger partial charge on any atom is -0.497 e. The second-order valence-corrected chi connectivity index (χ2v) is 7.03. The van der Waals surface area contributed by atoms with Gasteiger partial charge in [-0.3, -0.25) is 0 Å². The number of fused-ring (bicyclic) bond motifs is 5. The Labute approximate surface area is 133 Å². The first-order valence-electron chi connectivity index (χ1n) is 8.21. The summed E-state index contributed by atoms with van der Waals surface area (Å²) in [5, 5.41) is 0. The predicted molar refractivity (Wildman–Crippen MR) is 89.9 cm³/mol. The lowest BCUT2D eigenvalue weighted by molar-refractivity contribution is 0.224. The fourth-order valence-electron chi connectivity index (χ4n) is 4.88. The first-order valence-corrected chi connectivity index (χ1v) is 8.21. The standard InChI is InChI=1S/C21H22O/c1-4-15-6-10-20-19-8-5-14-13-16(22-3)7-9-17(14)18(19)11-12-21(15,20)2/h1,6-9,13,18,20H,5,10-12H2,2-3H3/t18-,20+,21-/m1/s1. The zero-order valence-corrected chi connectivity index (χ0v) is 13.4. The SMILES string of the molecule is C#CC1=CC[C@H]2C3=CCc4cc(OC)ccc4[C@H]3CC[C@]12C. The van der Waals surface area contributed by atoms with Crippen molar-refractivity contribution < 1.29 is 4.74 Å². The predicted octanol–water partition coefficient (Wildman–Crippen LogP) is 4.64. The molecule has 3 atom stereocenters.